The van der Waals surface area contributed by atoms with E-state index in [1.807, 2.05) is 36.2 Å². The van der Waals surface area contributed by atoms with E-state index >= 15 is 0 Å². The molecule has 7 rings (SSSR count). The fourth-order valence-corrected chi connectivity index (χ4v) is 12.7. The number of β-amino-alcohol motifs (C(OH)–C–C–N with tert-alkyl or cyclic N) is 1. The van der Waals surface area contributed by atoms with Crippen LogP contribution in [0, 0.1) is 11.8 Å². The molecule has 3 saturated heterocycles. The Labute approximate surface area is 355 Å². The van der Waals surface area contributed by atoms with Crippen molar-refractivity contribution in [3.05, 3.63) is 49.1 Å². The van der Waals surface area contributed by atoms with E-state index in [-0.39, 0.29) is 31.3 Å². The van der Waals surface area contributed by atoms with Crippen LogP contribution in [0.15, 0.2) is 43.5 Å². The maximum atomic E-state index is 14.5. The number of alkyl carbamates (subject to hydrolysis) is 1. The number of piperidine rings is 1. The molecule has 0 spiro atoms. The monoisotopic (exact) mass is 955 g/mol. The molecule has 6 fully saturated rings. The predicted octanol–water partition coefficient (Wildman–Crippen LogP) is -0.696. The fourth-order valence-electron chi connectivity index (χ4n) is 8.57. The van der Waals surface area contributed by atoms with E-state index in [9.17, 15) is 37.1 Å². The van der Waals surface area contributed by atoms with Crippen LogP contribution >= 0.6 is 0 Å². The number of nitrogens with one attached hydrogen (secondary N) is 4. The van der Waals surface area contributed by atoms with Gasteiger partial charge in [0.25, 0.3) is 0 Å². The fraction of sp³-hybridized carbons (Fsp3) is 0.659. The van der Waals surface area contributed by atoms with Crippen molar-refractivity contribution in [3.63, 3.8) is 0 Å². The first-order valence-electron chi connectivity index (χ1n) is 20.7. The number of amides is 4. The average Bonchev–Trinajstić information content (AvgIpc) is 4.18. The Kier molecular flexibility index (Phi) is 12.9. The van der Waals surface area contributed by atoms with Crippen molar-refractivity contribution in [2.45, 2.75) is 120 Å². The van der Waals surface area contributed by atoms with Gasteiger partial charge in [0.05, 0.1) is 0 Å². The van der Waals surface area contributed by atoms with Crippen LogP contribution < -0.4 is 46.8 Å². The first kappa shape index (κ1) is 43.6. The summed E-state index contributed by atoms with van der Waals surface area (Å²) in [5.74, 6) is -1.82. The van der Waals surface area contributed by atoms with Crippen molar-refractivity contribution in [1.29, 1.82) is 0 Å². The third kappa shape index (κ3) is 9.54. The molecular formula is C41H57FIN6O9S-. The Morgan fingerprint density at radius 3 is 2.53 bits per heavy atom. The second-order valence-corrected chi connectivity index (χ2v) is 23.0. The first-order chi connectivity index (χ1) is 28.1. The number of likely N-dealkylation sites (tertiary alicyclic amines) is 1. The number of alkyl halides is 3. The van der Waals surface area contributed by atoms with E-state index in [2.05, 4.69) is 33.8 Å². The van der Waals surface area contributed by atoms with E-state index in [0.717, 1.165) is 30.5 Å². The molecule has 0 bridgehead atoms. The summed E-state index contributed by atoms with van der Waals surface area (Å²) < 4.78 is 51.5. The molecule has 1 aromatic carbocycles. The average molecular weight is 956 g/mol. The molecule has 59 heavy (non-hydrogen) atoms. The molecule has 15 nitrogen and oxygen atoms in total. The van der Waals surface area contributed by atoms with Gasteiger partial charge in [0.2, 0.25) is 0 Å². The SMILES string of the molecule is C=CC1[I-]C1(NC(=O)[C@@H]1C[C@@H](O)CN1C(=O)[C@@H](NC(=O)O[C@@H]1C[C@H]1CN(C)c1ccccc1C(=C)O[C@H]1CCNC[C@H]1F)C1CCCCC1)C(=O)NS(=O)(=O)C1(C)CC1. The summed E-state index contributed by atoms with van der Waals surface area (Å²) in [5, 5.41) is 19.4. The van der Waals surface area contributed by atoms with Gasteiger partial charge in [0.1, 0.15) is 18.0 Å². The summed E-state index contributed by atoms with van der Waals surface area (Å²) >= 11 is -1.05. The molecule has 3 heterocycles. The molecule has 4 amide bonds. The second kappa shape index (κ2) is 17.5. The van der Waals surface area contributed by atoms with Gasteiger partial charge in [-0.25, -0.2) is 4.39 Å². The number of hydrogen-bond donors (Lipinski definition) is 5. The number of aliphatic hydroxyl groups excluding tert-OH is 1. The third-order valence-electron chi connectivity index (χ3n) is 12.7. The van der Waals surface area contributed by atoms with Gasteiger partial charge < -0.3 is 15.0 Å². The van der Waals surface area contributed by atoms with Gasteiger partial charge >= 0.3 is 245 Å². The van der Waals surface area contributed by atoms with Crippen molar-refractivity contribution < 1.29 is 67.8 Å². The van der Waals surface area contributed by atoms with Crippen LogP contribution in [-0.4, -0.2) is 124 Å². The summed E-state index contributed by atoms with van der Waals surface area (Å²) in [5.41, 5.74) is 1.59. The predicted molar refractivity (Wildman–Crippen MR) is 214 cm³/mol. The van der Waals surface area contributed by atoms with E-state index < -0.39 is 104 Å². The molecule has 3 aliphatic heterocycles. The molecule has 5 N–H and O–H groups in total. The summed E-state index contributed by atoms with van der Waals surface area (Å²) in [6.07, 6.45) is 3.69. The molecule has 2 unspecified atom stereocenters. The molecule has 18 heteroatoms. The molecule has 1 aromatic rings. The standard InChI is InChI=1S/C41H57FIN6O9S/c1-5-34-41(43-34,38(53)47-59(55,56)40(3)16-17-40)46-36(51)31-20-27(50)23-49(31)37(52)35(25-11-7-6-8-12-25)45-39(54)58-33-19-26(33)22-48(4)30-14-10-9-13-28(30)24(2)57-32-15-18-44-21-29(32)42/h5,9-10,13-14,25-27,29,31-35,44,50H,1-2,6-8,11-12,15-23H2,3-4H3,(H,45,54)(H,46,51)(H,47,53)/q-1/t26-,27+,29+,31-,32-,33+,34?,35-,41?/m0/s1. The Bertz CT molecular complexity index is 1930. The van der Waals surface area contributed by atoms with Gasteiger partial charge in [-0.1, -0.05) is 18.7 Å². The van der Waals surface area contributed by atoms with Gasteiger partial charge in [-0.05, 0) is 25.1 Å². The third-order valence-corrected chi connectivity index (χ3v) is 18.7. The number of benzene rings is 1. The maximum absolute atomic E-state index is 14.5. The number of carbonyl (C=O) groups excluding carboxylic acids is 4. The molecule has 9 atom stereocenters. The number of rotatable bonds is 16. The molecule has 6 aliphatic rings. The van der Waals surface area contributed by atoms with Crippen molar-refractivity contribution in [1.82, 2.24) is 25.6 Å². The minimum absolute atomic E-state index is 0.00883. The molecule has 0 aromatic heterocycles. The van der Waals surface area contributed by atoms with Gasteiger partial charge in [0, 0.05) is 31.4 Å². The first-order valence-corrected chi connectivity index (χ1v) is 24.5. The number of nitrogens with zero attached hydrogens (tertiary/aromatic N) is 2. The number of ether oxygens (including phenoxy) is 2. The zero-order valence-electron chi connectivity index (χ0n) is 33.7. The van der Waals surface area contributed by atoms with Crippen molar-refractivity contribution in [2.24, 2.45) is 11.8 Å². The zero-order valence-corrected chi connectivity index (χ0v) is 36.6. The Hall–Kier alpha value is -3.49. The van der Waals surface area contributed by atoms with E-state index in [4.69, 9.17) is 9.47 Å². The normalized spacial score (nSPS) is 31.7. The molecular weight excluding hydrogens is 898 g/mol. The number of aliphatic hydroxyl groups is 1. The van der Waals surface area contributed by atoms with Crippen molar-refractivity contribution >= 4 is 45.3 Å². The quantitative estimate of drug-likeness (QED) is 0.0463. The number of carbonyl (C=O) groups is 4. The summed E-state index contributed by atoms with van der Waals surface area (Å²) in [4.78, 5) is 58.7. The van der Waals surface area contributed by atoms with Crippen molar-refractivity contribution in [2.75, 3.05) is 38.1 Å². The van der Waals surface area contributed by atoms with Gasteiger partial charge in [-0.2, -0.15) is 0 Å². The summed E-state index contributed by atoms with van der Waals surface area (Å²) in [6.45, 7) is 10.8. The van der Waals surface area contributed by atoms with Crippen molar-refractivity contribution in [3.8, 4) is 0 Å². The van der Waals surface area contributed by atoms with E-state index in [1.54, 1.807) is 6.92 Å². The number of sulfonamides is 1. The zero-order chi connectivity index (χ0) is 42.3. The van der Waals surface area contributed by atoms with E-state index in [1.165, 1.54) is 11.0 Å². The van der Waals surface area contributed by atoms with Crippen LogP contribution in [0.2, 0.25) is 0 Å². The Balaban J connectivity index is 0.975. The van der Waals surface area contributed by atoms with Crippen LogP contribution in [-0.2, 0) is 33.9 Å². The summed E-state index contributed by atoms with van der Waals surface area (Å²) in [7, 11) is -2.05. The number of hydrogen-bond acceptors (Lipinski definition) is 11. The Morgan fingerprint density at radius 1 is 1.12 bits per heavy atom. The van der Waals surface area contributed by atoms with Crippen LogP contribution in [0.4, 0.5) is 14.9 Å². The minimum atomic E-state index is -3.97. The van der Waals surface area contributed by atoms with Gasteiger partial charge in [-0.3, -0.25) is 0 Å². The molecule has 3 saturated carbocycles. The topological polar surface area (TPSA) is 196 Å². The molecule has 3 aliphatic carbocycles. The summed E-state index contributed by atoms with van der Waals surface area (Å²) in [6, 6.07) is 5.43. The van der Waals surface area contributed by atoms with Crippen LogP contribution in [0.3, 0.4) is 0 Å². The molecule has 326 valence electrons. The number of halogens is 2. The second-order valence-electron chi connectivity index (χ2n) is 17.2. The van der Waals surface area contributed by atoms with E-state index in [0.29, 0.717) is 57.4 Å². The Morgan fingerprint density at radius 2 is 1.85 bits per heavy atom. The van der Waals surface area contributed by atoms with Gasteiger partial charge in [0.15, 0.2) is 0 Å². The van der Waals surface area contributed by atoms with Crippen LogP contribution in [0.5, 0.6) is 0 Å². The number of anilines is 1. The van der Waals surface area contributed by atoms with Crippen LogP contribution in [0.25, 0.3) is 5.76 Å². The molecule has 0 radical (unpaired) electrons. The van der Waals surface area contributed by atoms with Crippen LogP contribution in [0.1, 0.15) is 76.7 Å². The number of para-hydroxylation sites is 1. The van der Waals surface area contributed by atoms with Gasteiger partial charge in [-0.15, -0.1) is 0 Å².